The molecule has 0 aliphatic heterocycles. The fourth-order valence-electron chi connectivity index (χ4n) is 1.55. The van der Waals surface area contributed by atoms with Gasteiger partial charge in [0, 0.05) is 19.7 Å². The Kier molecular flexibility index (Phi) is 5.03. The van der Waals surface area contributed by atoms with Gasteiger partial charge in [-0.25, -0.2) is 8.78 Å². The van der Waals surface area contributed by atoms with Crippen molar-refractivity contribution in [2.45, 2.75) is 12.5 Å². The molecule has 1 aromatic rings. The van der Waals surface area contributed by atoms with E-state index in [9.17, 15) is 18.7 Å². The predicted octanol–water partition coefficient (Wildman–Crippen LogP) is 1.32. The van der Waals surface area contributed by atoms with E-state index in [2.05, 4.69) is 4.74 Å². The molecule has 1 rings (SSSR count). The average Bonchev–Trinajstić information content (AvgIpc) is 2.28. The second kappa shape index (κ2) is 6.30. The molecule has 0 radical (unpaired) electrons. The summed E-state index contributed by atoms with van der Waals surface area (Å²) in [6, 6.07) is 3.16. The van der Waals surface area contributed by atoms with Gasteiger partial charge in [-0.15, -0.1) is 0 Å². The quantitative estimate of drug-likeness (QED) is 0.810. The van der Waals surface area contributed by atoms with Crippen LogP contribution in [-0.4, -0.2) is 37.9 Å². The third-order valence-electron chi connectivity index (χ3n) is 2.44. The van der Waals surface area contributed by atoms with E-state index in [1.54, 1.807) is 0 Å². The molecule has 0 fully saturated rings. The van der Waals surface area contributed by atoms with Gasteiger partial charge in [0.05, 0.1) is 25.3 Å². The molecule has 4 nitrogen and oxygen atoms in total. The summed E-state index contributed by atoms with van der Waals surface area (Å²) in [4.78, 5) is 12.3. The zero-order chi connectivity index (χ0) is 13.7. The fraction of sp³-hybridized carbons (Fsp3) is 0.417. The van der Waals surface area contributed by atoms with Crippen molar-refractivity contribution >= 4 is 11.7 Å². The van der Waals surface area contributed by atoms with Crippen molar-refractivity contribution in [1.82, 2.24) is 0 Å². The number of likely N-dealkylation sites (N-methyl/N-ethyl adjacent to an activating group) is 1. The van der Waals surface area contributed by atoms with Crippen LogP contribution in [0.15, 0.2) is 18.2 Å². The van der Waals surface area contributed by atoms with Crippen molar-refractivity contribution in [2.75, 3.05) is 25.6 Å². The van der Waals surface area contributed by atoms with Crippen molar-refractivity contribution in [3.63, 3.8) is 0 Å². The summed E-state index contributed by atoms with van der Waals surface area (Å²) in [5.74, 6) is -1.93. The smallest absolute Gasteiger partial charge is 0.308 e. The lowest BCUT2D eigenvalue weighted by molar-refractivity contribution is -0.142. The van der Waals surface area contributed by atoms with Crippen molar-refractivity contribution in [3.05, 3.63) is 29.8 Å². The first-order valence-corrected chi connectivity index (χ1v) is 5.35. The van der Waals surface area contributed by atoms with Crippen molar-refractivity contribution in [1.29, 1.82) is 0 Å². The van der Waals surface area contributed by atoms with Crippen LogP contribution < -0.4 is 4.90 Å². The molecule has 0 heterocycles. The molecule has 0 bridgehead atoms. The molecule has 0 spiro atoms. The van der Waals surface area contributed by atoms with E-state index < -0.39 is 23.7 Å². The summed E-state index contributed by atoms with van der Waals surface area (Å²) in [6.45, 7) is 0.0393. The number of hydrogen-bond acceptors (Lipinski definition) is 4. The normalized spacial score (nSPS) is 12.1. The van der Waals surface area contributed by atoms with Gasteiger partial charge in [0.15, 0.2) is 0 Å². The first-order valence-electron chi connectivity index (χ1n) is 5.35. The van der Waals surface area contributed by atoms with E-state index in [1.165, 1.54) is 25.1 Å². The number of hydrogen-bond donors (Lipinski definition) is 1. The summed E-state index contributed by atoms with van der Waals surface area (Å²) in [5, 5.41) is 9.59. The van der Waals surface area contributed by atoms with E-state index in [-0.39, 0.29) is 18.7 Å². The van der Waals surface area contributed by atoms with Crippen LogP contribution in [0, 0.1) is 11.6 Å². The Labute approximate surface area is 104 Å². The Morgan fingerprint density at radius 2 is 2.17 bits per heavy atom. The summed E-state index contributed by atoms with van der Waals surface area (Å²) in [6.07, 6.45) is -1.16. The van der Waals surface area contributed by atoms with Crippen LogP contribution in [0.3, 0.4) is 0 Å². The van der Waals surface area contributed by atoms with Crippen molar-refractivity contribution < 1.29 is 23.4 Å². The van der Waals surface area contributed by atoms with Gasteiger partial charge < -0.3 is 14.7 Å². The molecule has 1 atom stereocenters. The van der Waals surface area contributed by atoms with Gasteiger partial charge >= 0.3 is 5.97 Å². The zero-order valence-corrected chi connectivity index (χ0v) is 10.2. The molecule has 0 amide bonds. The molecular formula is C12H15F2NO3. The minimum absolute atomic E-state index is 0.0393. The predicted molar refractivity (Wildman–Crippen MR) is 62.3 cm³/mol. The lowest BCUT2D eigenvalue weighted by Crippen LogP contribution is -2.31. The largest absolute Gasteiger partial charge is 0.469 e. The molecule has 0 saturated heterocycles. The molecule has 0 saturated carbocycles. The second-order valence-electron chi connectivity index (χ2n) is 3.91. The number of carbonyl (C=O) groups excluding carboxylic acids is 1. The first-order chi connectivity index (χ1) is 8.43. The van der Waals surface area contributed by atoms with Crippen LogP contribution in [0.4, 0.5) is 14.5 Å². The maximum absolute atomic E-state index is 13.4. The number of anilines is 1. The number of halogens is 2. The summed E-state index contributed by atoms with van der Waals surface area (Å²) in [7, 11) is 2.76. The maximum Gasteiger partial charge on any atom is 0.308 e. The van der Waals surface area contributed by atoms with E-state index in [1.807, 2.05) is 0 Å². The number of aliphatic hydroxyl groups is 1. The molecule has 18 heavy (non-hydrogen) atoms. The Bertz CT molecular complexity index is 426. The number of carbonyl (C=O) groups is 1. The van der Waals surface area contributed by atoms with Crippen LogP contribution >= 0.6 is 0 Å². The van der Waals surface area contributed by atoms with Gasteiger partial charge in [-0.05, 0) is 12.1 Å². The number of ether oxygens (including phenoxy) is 1. The Morgan fingerprint density at radius 3 is 2.72 bits per heavy atom. The highest BCUT2D eigenvalue weighted by Crippen LogP contribution is 2.19. The molecule has 0 aliphatic carbocycles. The molecular weight excluding hydrogens is 244 g/mol. The van der Waals surface area contributed by atoms with Gasteiger partial charge in [0.2, 0.25) is 0 Å². The van der Waals surface area contributed by atoms with E-state index >= 15 is 0 Å². The SMILES string of the molecule is COC(=O)CC(O)CN(C)c1ccc(F)cc1F. The van der Waals surface area contributed by atoms with Gasteiger partial charge in [0.25, 0.3) is 0 Å². The number of methoxy groups -OCH3 is 1. The number of rotatable bonds is 5. The second-order valence-corrected chi connectivity index (χ2v) is 3.91. The Hall–Kier alpha value is -1.69. The highest BCUT2D eigenvalue weighted by Gasteiger charge is 2.16. The minimum atomic E-state index is -0.980. The van der Waals surface area contributed by atoms with Crippen LogP contribution in [0.2, 0.25) is 0 Å². The van der Waals surface area contributed by atoms with Gasteiger partial charge in [0.1, 0.15) is 11.6 Å². The lowest BCUT2D eigenvalue weighted by atomic mass is 10.2. The van der Waals surface area contributed by atoms with Gasteiger partial charge in [-0.2, -0.15) is 0 Å². The topological polar surface area (TPSA) is 49.8 Å². The maximum atomic E-state index is 13.4. The molecule has 6 heteroatoms. The molecule has 1 N–H and O–H groups in total. The summed E-state index contributed by atoms with van der Waals surface area (Å²) < 4.78 is 30.6. The van der Waals surface area contributed by atoms with Crippen molar-refractivity contribution in [2.24, 2.45) is 0 Å². The third kappa shape index (κ3) is 3.96. The third-order valence-corrected chi connectivity index (χ3v) is 2.44. The van der Waals surface area contributed by atoms with Crippen LogP contribution in [-0.2, 0) is 9.53 Å². The number of esters is 1. The number of aliphatic hydroxyl groups excluding tert-OH is 1. The highest BCUT2D eigenvalue weighted by atomic mass is 19.1. The van der Waals surface area contributed by atoms with E-state index in [4.69, 9.17) is 0 Å². The molecule has 0 aliphatic rings. The molecule has 0 aromatic heterocycles. The monoisotopic (exact) mass is 259 g/mol. The summed E-state index contributed by atoms with van der Waals surface area (Å²) in [5.41, 5.74) is 0.153. The van der Waals surface area contributed by atoms with E-state index in [0.717, 1.165) is 12.1 Å². The first kappa shape index (κ1) is 14.4. The molecule has 1 unspecified atom stereocenters. The van der Waals surface area contributed by atoms with Crippen LogP contribution in [0.1, 0.15) is 6.42 Å². The number of benzene rings is 1. The van der Waals surface area contributed by atoms with E-state index in [0.29, 0.717) is 0 Å². The lowest BCUT2D eigenvalue weighted by Gasteiger charge is -2.22. The standard InChI is InChI=1S/C12H15F2NO3/c1-15(7-9(16)6-12(17)18-2)11-4-3-8(13)5-10(11)14/h3-5,9,16H,6-7H2,1-2H3. The summed E-state index contributed by atoms with van der Waals surface area (Å²) >= 11 is 0. The highest BCUT2D eigenvalue weighted by molar-refractivity contribution is 5.69. The number of nitrogens with zero attached hydrogens (tertiary/aromatic N) is 1. The molecule has 100 valence electrons. The minimum Gasteiger partial charge on any atom is -0.469 e. The van der Waals surface area contributed by atoms with Crippen LogP contribution in [0.5, 0.6) is 0 Å². The Balaban J connectivity index is 2.64. The van der Waals surface area contributed by atoms with Gasteiger partial charge in [-0.1, -0.05) is 0 Å². The zero-order valence-electron chi connectivity index (χ0n) is 10.2. The van der Waals surface area contributed by atoms with Crippen LogP contribution in [0.25, 0.3) is 0 Å². The fourth-order valence-corrected chi connectivity index (χ4v) is 1.55. The van der Waals surface area contributed by atoms with Crippen molar-refractivity contribution in [3.8, 4) is 0 Å². The average molecular weight is 259 g/mol. The Morgan fingerprint density at radius 1 is 1.50 bits per heavy atom. The molecule has 1 aromatic carbocycles. The van der Waals surface area contributed by atoms with Gasteiger partial charge in [-0.3, -0.25) is 4.79 Å².